The molecule has 8 atom stereocenters. The number of rotatable bonds is 8. The van der Waals surface area contributed by atoms with Crippen LogP contribution in [0.5, 0.6) is 0 Å². The largest absolute Gasteiger partial charge is 0.481 e. The Morgan fingerprint density at radius 3 is 2.50 bits per heavy atom. The number of carboxylic acids is 1. The van der Waals surface area contributed by atoms with Gasteiger partial charge >= 0.3 is 5.97 Å². The fourth-order valence-electron chi connectivity index (χ4n) is 8.75. The first-order valence-corrected chi connectivity index (χ1v) is 12.7. The first-order chi connectivity index (χ1) is 14.4. The Labute approximate surface area is 183 Å². The topological polar surface area (TPSA) is 55.8 Å². The molecule has 0 amide bonds. The molecule has 0 radical (unpaired) electrons. The molecule has 1 N–H and O–H groups in total. The Hall–Kier alpha value is -0.610. The van der Waals surface area contributed by atoms with Crippen LogP contribution in [0.15, 0.2) is 0 Å². The Bertz CT molecular complexity index is 606. The maximum absolute atomic E-state index is 11.0. The summed E-state index contributed by atoms with van der Waals surface area (Å²) >= 11 is 0. The van der Waals surface area contributed by atoms with E-state index in [1.807, 2.05) is 0 Å². The molecule has 4 heteroatoms. The molecule has 0 aromatic carbocycles. The van der Waals surface area contributed by atoms with Crippen molar-refractivity contribution < 1.29 is 19.4 Å². The average molecular weight is 421 g/mol. The van der Waals surface area contributed by atoms with Gasteiger partial charge in [-0.05, 0) is 111 Å². The van der Waals surface area contributed by atoms with Crippen LogP contribution >= 0.6 is 0 Å². The summed E-state index contributed by atoms with van der Waals surface area (Å²) in [6.07, 6.45) is 14.9. The molecule has 0 bridgehead atoms. The minimum Gasteiger partial charge on any atom is -0.481 e. The standard InChI is InChI=1S/C26H44O4/c1-25-14-12-23-21(22(25)10-8-18(25)5-4-6-24(27)28)9-7-19-17-20(30-16-15-29-3)11-13-26(19,23)2/h18-23H,4-17H2,1-3H3,(H,27,28). The molecule has 4 nitrogen and oxygen atoms in total. The quantitative estimate of drug-likeness (QED) is 0.494. The third kappa shape index (κ3) is 4.08. The molecular formula is C26H44O4. The van der Waals surface area contributed by atoms with Gasteiger partial charge in [0.15, 0.2) is 0 Å². The summed E-state index contributed by atoms with van der Waals surface area (Å²) in [5, 5.41) is 9.04. The van der Waals surface area contributed by atoms with Crippen LogP contribution in [0, 0.1) is 40.4 Å². The lowest BCUT2D eigenvalue weighted by Crippen LogP contribution is -2.54. The van der Waals surface area contributed by atoms with Crippen molar-refractivity contribution in [1.82, 2.24) is 0 Å². The number of fused-ring (bicyclic) bond motifs is 5. The van der Waals surface area contributed by atoms with Gasteiger partial charge in [0.25, 0.3) is 0 Å². The minimum absolute atomic E-state index is 0.344. The third-order valence-electron chi connectivity index (χ3n) is 10.4. The summed E-state index contributed by atoms with van der Waals surface area (Å²) in [6, 6.07) is 0. The zero-order valence-electron chi connectivity index (χ0n) is 19.5. The predicted octanol–water partition coefficient (Wildman–Crippen LogP) is 5.93. The highest BCUT2D eigenvalue weighted by Crippen LogP contribution is 2.68. The summed E-state index contributed by atoms with van der Waals surface area (Å²) in [6.45, 7) is 6.64. The fourth-order valence-corrected chi connectivity index (χ4v) is 8.75. The zero-order chi connectivity index (χ0) is 21.4. The molecule has 4 fully saturated rings. The maximum Gasteiger partial charge on any atom is 0.303 e. The van der Waals surface area contributed by atoms with Gasteiger partial charge in [-0.15, -0.1) is 0 Å². The number of aliphatic carboxylic acids is 1. The minimum atomic E-state index is -0.633. The molecule has 172 valence electrons. The molecule has 0 aromatic heterocycles. The molecule has 0 aromatic rings. The van der Waals surface area contributed by atoms with E-state index in [9.17, 15) is 4.79 Å². The highest BCUT2D eigenvalue weighted by atomic mass is 16.5. The number of hydrogen-bond donors (Lipinski definition) is 1. The Morgan fingerprint density at radius 2 is 1.73 bits per heavy atom. The van der Waals surface area contributed by atoms with Gasteiger partial charge in [0.2, 0.25) is 0 Å². The van der Waals surface area contributed by atoms with Crippen molar-refractivity contribution in [3.8, 4) is 0 Å². The van der Waals surface area contributed by atoms with Gasteiger partial charge in [-0.1, -0.05) is 13.8 Å². The van der Waals surface area contributed by atoms with E-state index in [0.717, 1.165) is 49.0 Å². The van der Waals surface area contributed by atoms with Crippen LogP contribution in [-0.2, 0) is 14.3 Å². The lowest BCUT2D eigenvalue weighted by atomic mass is 9.44. The summed E-state index contributed by atoms with van der Waals surface area (Å²) in [5.74, 6) is 3.62. The summed E-state index contributed by atoms with van der Waals surface area (Å²) in [7, 11) is 1.75. The van der Waals surface area contributed by atoms with Crippen LogP contribution in [0.1, 0.15) is 90.9 Å². The Morgan fingerprint density at radius 1 is 0.967 bits per heavy atom. The lowest BCUT2D eigenvalue weighted by Gasteiger charge is -2.61. The van der Waals surface area contributed by atoms with Gasteiger partial charge in [-0.3, -0.25) is 4.79 Å². The van der Waals surface area contributed by atoms with E-state index in [0.29, 0.717) is 30.0 Å². The van der Waals surface area contributed by atoms with Crippen molar-refractivity contribution in [1.29, 1.82) is 0 Å². The monoisotopic (exact) mass is 420 g/mol. The summed E-state index contributed by atoms with van der Waals surface area (Å²) < 4.78 is 11.3. The van der Waals surface area contributed by atoms with Crippen molar-refractivity contribution in [2.24, 2.45) is 40.4 Å². The smallest absolute Gasteiger partial charge is 0.303 e. The molecule has 0 aliphatic heterocycles. The third-order valence-corrected chi connectivity index (χ3v) is 10.4. The van der Waals surface area contributed by atoms with E-state index in [2.05, 4.69) is 13.8 Å². The highest BCUT2D eigenvalue weighted by molar-refractivity contribution is 5.66. The second kappa shape index (κ2) is 9.10. The number of carboxylic acid groups (broad SMARTS) is 1. The molecule has 4 saturated carbocycles. The van der Waals surface area contributed by atoms with Gasteiger partial charge in [0, 0.05) is 13.5 Å². The number of methoxy groups -OCH3 is 1. The molecule has 0 heterocycles. The van der Waals surface area contributed by atoms with Gasteiger partial charge in [0.1, 0.15) is 0 Å². The summed E-state index contributed by atoms with van der Waals surface area (Å²) in [4.78, 5) is 11.0. The average Bonchev–Trinajstić information content (AvgIpc) is 3.04. The lowest BCUT2D eigenvalue weighted by molar-refractivity contribution is -0.138. The van der Waals surface area contributed by atoms with Gasteiger partial charge in [-0.2, -0.15) is 0 Å². The first kappa shape index (κ1) is 22.6. The van der Waals surface area contributed by atoms with Crippen LogP contribution in [0.3, 0.4) is 0 Å². The van der Waals surface area contributed by atoms with E-state index in [1.54, 1.807) is 7.11 Å². The zero-order valence-corrected chi connectivity index (χ0v) is 19.5. The molecular weight excluding hydrogens is 376 g/mol. The van der Waals surface area contributed by atoms with E-state index in [-0.39, 0.29) is 0 Å². The van der Waals surface area contributed by atoms with Gasteiger partial charge < -0.3 is 14.6 Å². The maximum atomic E-state index is 11.0. The normalized spacial score (nSPS) is 45.4. The van der Waals surface area contributed by atoms with E-state index in [4.69, 9.17) is 14.6 Å². The highest BCUT2D eigenvalue weighted by Gasteiger charge is 2.59. The fraction of sp³-hybridized carbons (Fsp3) is 0.962. The van der Waals surface area contributed by atoms with Crippen LogP contribution in [0.25, 0.3) is 0 Å². The second-order valence-corrected chi connectivity index (χ2v) is 11.5. The van der Waals surface area contributed by atoms with E-state index < -0.39 is 5.97 Å². The summed E-state index contributed by atoms with van der Waals surface area (Å²) in [5.41, 5.74) is 0.968. The van der Waals surface area contributed by atoms with Gasteiger partial charge in [-0.25, -0.2) is 0 Å². The first-order valence-electron chi connectivity index (χ1n) is 12.7. The molecule has 0 spiro atoms. The number of ether oxygens (including phenoxy) is 2. The number of hydrogen-bond acceptors (Lipinski definition) is 3. The SMILES string of the molecule is COCCOC1CCC2(C)C(CCC3C4CCC(CCCC(=O)O)C4(C)CCC32)C1. The van der Waals surface area contributed by atoms with Gasteiger partial charge in [0.05, 0.1) is 19.3 Å². The Kier molecular flexibility index (Phi) is 6.85. The van der Waals surface area contributed by atoms with E-state index >= 15 is 0 Å². The molecule has 8 unspecified atom stereocenters. The second-order valence-electron chi connectivity index (χ2n) is 11.5. The Balaban J connectivity index is 1.40. The van der Waals surface area contributed by atoms with Crippen molar-refractivity contribution in [3.63, 3.8) is 0 Å². The molecule has 4 rings (SSSR count). The molecule has 0 saturated heterocycles. The van der Waals surface area contributed by atoms with Crippen LogP contribution in [0.2, 0.25) is 0 Å². The van der Waals surface area contributed by atoms with Crippen molar-refractivity contribution in [2.45, 2.75) is 97.0 Å². The van der Waals surface area contributed by atoms with Crippen LogP contribution < -0.4 is 0 Å². The molecule has 30 heavy (non-hydrogen) atoms. The number of carbonyl (C=O) groups is 1. The van der Waals surface area contributed by atoms with Crippen molar-refractivity contribution >= 4 is 5.97 Å². The van der Waals surface area contributed by atoms with Crippen LogP contribution in [-0.4, -0.2) is 37.5 Å². The van der Waals surface area contributed by atoms with Crippen LogP contribution in [0.4, 0.5) is 0 Å². The van der Waals surface area contributed by atoms with Crippen molar-refractivity contribution in [2.75, 3.05) is 20.3 Å². The van der Waals surface area contributed by atoms with Crippen molar-refractivity contribution in [3.05, 3.63) is 0 Å². The molecule has 4 aliphatic carbocycles. The predicted molar refractivity (Wildman–Crippen MR) is 118 cm³/mol. The molecule has 4 aliphatic rings. The van der Waals surface area contributed by atoms with E-state index in [1.165, 1.54) is 57.8 Å².